The van der Waals surface area contributed by atoms with E-state index in [1.54, 1.807) is 6.07 Å². The Labute approximate surface area is 164 Å². The Morgan fingerprint density at radius 1 is 0.964 bits per heavy atom. The van der Waals surface area contributed by atoms with Gasteiger partial charge in [-0.1, -0.05) is 0 Å². The number of amides is 2. The molecule has 0 spiro atoms. The maximum atomic E-state index is 12.8. The van der Waals surface area contributed by atoms with Crippen LogP contribution in [0.3, 0.4) is 0 Å². The van der Waals surface area contributed by atoms with Crippen molar-refractivity contribution in [2.75, 3.05) is 51.3 Å². The van der Waals surface area contributed by atoms with Gasteiger partial charge in [0, 0.05) is 45.3 Å². The molecule has 2 saturated heterocycles. The first-order valence-electron chi connectivity index (χ1n) is 9.67. The Balaban J connectivity index is 1.73. The van der Waals surface area contributed by atoms with Crippen LogP contribution in [-0.4, -0.2) is 73.1 Å². The number of benzene rings is 1. The van der Waals surface area contributed by atoms with E-state index in [0.29, 0.717) is 31.9 Å². The van der Waals surface area contributed by atoms with Crippen LogP contribution in [0.4, 0.5) is 16.2 Å². The Morgan fingerprint density at radius 3 is 2.32 bits per heavy atom. The van der Waals surface area contributed by atoms with E-state index in [2.05, 4.69) is 4.74 Å². The van der Waals surface area contributed by atoms with Crippen molar-refractivity contribution in [2.45, 2.75) is 25.7 Å². The van der Waals surface area contributed by atoms with Gasteiger partial charge in [-0.2, -0.15) is 0 Å². The molecule has 0 unspecified atom stereocenters. The number of rotatable bonds is 3. The van der Waals surface area contributed by atoms with Crippen LogP contribution >= 0.6 is 0 Å². The van der Waals surface area contributed by atoms with Gasteiger partial charge >= 0.3 is 12.0 Å². The third-order valence-corrected chi connectivity index (χ3v) is 5.33. The van der Waals surface area contributed by atoms with Gasteiger partial charge in [0.25, 0.3) is 5.69 Å². The molecule has 9 nitrogen and oxygen atoms in total. The maximum Gasteiger partial charge on any atom is 0.338 e. The minimum absolute atomic E-state index is 0.0667. The quantitative estimate of drug-likeness (QED) is 0.447. The fraction of sp³-hybridized carbons (Fsp3) is 0.579. The highest BCUT2D eigenvalue weighted by Gasteiger charge is 2.27. The fourth-order valence-corrected chi connectivity index (χ4v) is 3.82. The molecule has 0 N–H and O–H groups in total. The second-order valence-electron chi connectivity index (χ2n) is 7.11. The lowest BCUT2D eigenvalue weighted by molar-refractivity contribution is -0.384. The van der Waals surface area contributed by atoms with Crippen LogP contribution in [0, 0.1) is 10.1 Å². The number of piperidine rings is 1. The first kappa shape index (κ1) is 19.9. The molecule has 2 heterocycles. The Bertz CT molecular complexity index is 748. The van der Waals surface area contributed by atoms with Gasteiger partial charge in [0.1, 0.15) is 5.69 Å². The molecule has 0 aromatic heterocycles. The van der Waals surface area contributed by atoms with Crippen LogP contribution < -0.4 is 4.90 Å². The molecule has 2 amide bonds. The largest absolute Gasteiger partial charge is 0.465 e. The monoisotopic (exact) mass is 390 g/mol. The number of nitro groups is 1. The second kappa shape index (κ2) is 8.90. The summed E-state index contributed by atoms with van der Waals surface area (Å²) in [6, 6.07) is 4.45. The summed E-state index contributed by atoms with van der Waals surface area (Å²) in [4.78, 5) is 41.2. The van der Waals surface area contributed by atoms with Crippen LogP contribution in [0.2, 0.25) is 0 Å². The van der Waals surface area contributed by atoms with E-state index in [0.717, 1.165) is 32.4 Å². The molecule has 0 bridgehead atoms. The van der Waals surface area contributed by atoms with Gasteiger partial charge in [-0.05, 0) is 37.8 Å². The van der Waals surface area contributed by atoms with Gasteiger partial charge in [-0.3, -0.25) is 10.1 Å². The summed E-state index contributed by atoms with van der Waals surface area (Å²) in [6.07, 6.45) is 3.99. The van der Waals surface area contributed by atoms with E-state index < -0.39 is 10.9 Å². The number of carbonyl (C=O) groups excluding carboxylic acids is 2. The molecule has 0 radical (unpaired) electrons. The number of esters is 1. The first-order valence-corrected chi connectivity index (χ1v) is 9.67. The average molecular weight is 390 g/mol. The van der Waals surface area contributed by atoms with Crippen molar-refractivity contribution in [1.82, 2.24) is 9.80 Å². The number of carbonyl (C=O) groups is 2. The number of ether oxygens (including phenoxy) is 1. The van der Waals surface area contributed by atoms with E-state index >= 15 is 0 Å². The standard InChI is InChI=1S/C19H26N4O5/c1-28-18(24)15-6-7-16(17(14-15)23(26)27)20-10-5-11-22(13-12-20)19(25)21-8-3-2-4-9-21/h6-7,14H,2-5,8-13H2,1H3. The lowest BCUT2D eigenvalue weighted by atomic mass is 10.1. The minimum atomic E-state index is -0.608. The lowest BCUT2D eigenvalue weighted by Crippen LogP contribution is -2.46. The molecule has 2 aliphatic rings. The summed E-state index contributed by atoms with van der Waals surface area (Å²) in [5.74, 6) is -0.608. The van der Waals surface area contributed by atoms with E-state index in [-0.39, 0.29) is 17.3 Å². The summed E-state index contributed by atoms with van der Waals surface area (Å²) in [6.45, 7) is 3.89. The smallest absolute Gasteiger partial charge is 0.338 e. The SMILES string of the molecule is COC(=O)c1ccc(N2CCCN(C(=O)N3CCCCC3)CC2)c([N+](=O)[O-])c1. The van der Waals surface area contributed by atoms with Gasteiger partial charge in [0.2, 0.25) is 0 Å². The molecule has 1 aromatic rings. The zero-order valence-corrected chi connectivity index (χ0v) is 16.1. The molecule has 2 fully saturated rings. The molecule has 3 rings (SSSR count). The zero-order chi connectivity index (χ0) is 20.1. The predicted molar refractivity (Wildman–Crippen MR) is 104 cm³/mol. The molecular weight excluding hydrogens is 364 g/mol. The number of nitrogens with zero attached hydrogens (tertiary/aromatic N) is 4. The van der Waals surface area contributed by atoms with Gasteiger partial charge in [0.05, 0.1) is 17.6 Å². The number of urea groups is 1. The van der Waals surface area contributed by atoms with Crippen molar-refractivity contribution in [3.8, 4) is 0 Å². The van der Waals surface area contributed by atoms with Gasteiger partial charge < -0.3 is 19.4 Å². The predicted octanol–water partition coefficient (Wildman–Crippen LogP) is 2.50. The third kappa shape index (κ3) is 4.35. The molecule has 0 aliphatic carbocycles. The van der Waals surface area contributed by atoms with E-state index in [1.807, 2.05) is 14.7 Å². The summed E-state index contributed by atoms with van der Waals surface area (Å²) in [5.41, 5.74) is 0.485. The maximum absolute atomic E-state index is 12.8. The summed E-state index contributed by atoms with van der Waals surface area (Å²) in [5, 5.41) is 11.5. The minimum Gasteiger partial charge on any atom is -0.465 e. The zero-order valence-electron chi connectivity index (χ0n) is 16.1. The highest BCUT2D eigenvalue weighted by atomic mass is 16.6. The number of methoxy groups -OCH3 is 1. The van der Waals surface area contributed by atoms with Crippen LogP contribution in [0.15, 0.2) is 18.2 Å². The van der Waals surface area contributed by atoms with E-state index in [4.69, 9.17) is 0 Å². The molecule has 9 heteroatoms. The van der Waals surface area contributed by atoms with Crippen molar-refractivity contribution in [1.29, 1.82) is 0 Å². The molecule has 1 aromatic carbocycles. The second-order valence-corrected chi connectivity index (χ2v) is 7.11. The topological polar surface area (TPSA) is 96.2 Å². The summed E-state index contributed by atoms with van der Waals surface area (Å²) < 4.78 is 4.65. The van der Waals surface area contributed by atoms with Crippen molar-refractivity contribution < 1.29 is 19.2 Å². The molecule has 0 saturated carbocycles. The molecule has 28 heavy (non-hydrogen) atoms. The number of nitro benzene ring substituents is 1. The molecular formula is C19H26N4O5. The van der Waals surface area contributed by atoms with Crippen LogP contribution in [0.25, 0.3) is 0 Å². The molecule has 0 atom stereocenters. The third-order valence-electron chi connectivity index (χ3n) is 5.33. The van der Waals surface area contributed by atoms with Crippen LogP contribution in [0.5, 0.6) is 0 Å². The van der Waals surface area contributed by atoms with Crippen LogP contribution in [-0.2, 0) is 4.74 Å². The highest BCUT2D eigenvalue weighted by Crippen LogP contribution is 2.30. The van der Waals surface area contributed by atoms with Crippen LogP contribution in [0.1, 0.15) is 36.0 Å². The summed E-state index contributed by atoms with van der Waals surface area (Å²) >= 11 is 0. The normalized spacial score (nSPS) is 17.8. The molecule has 152 valence electrons. The van der Waals surface area contributed by atoms with Gasteiger partial charge in [-0.25, -0.2) is 9.59 Å². The van der Waals surface area contributed by atoms with Gasteiger partial charge in [0.15, 0.2) is 0 Å². The van der Waals surface area contributed by atoms with Crippen molar-refractivity contribution in [3.05, 3.63) is 33.9 Å². The molecule has 2 aliphatic heterocycles. The number of anilines is 1. The van der Waals surface area contributed by atoms with E-state index in [1.165, 1.54) is 25.7 Å². The number of likely N-dealkylation sites (tertiary alicyclic amines) is 1. The Morgan fingerprint density at radius 2 is 1.64 bits per heavy atom. The summed E-state index contributed by atoms with van der Waals surface area (Å²) in [7, 11) is 1.24. The van der Waals surface area contributed by atoms with Crippen molar-refractivity contribution >= 4 is 23.4 Å². The van der Waals surface area contributed by atoms with Crippen molar-refractivity contribution in [2.24, 2.45) is 0 Å². The van der Waals surface area contributed by atoms with Gasteiger partial charge in [-0.15, -0.1) is 0 Å². The average Bonchev–Trinajstić information content (AvgIpc) is 2.99. The Hall–Kier alpha value is -2.84. The first-order chi connectivity index (χ1) is 13.5. The highest BCUT2D eigenvalue weighted by molar-refractivity contribution is 5.91. The fourth-order valence-electron chi connectivity index (χ4n) is 3.82. The Kier molecular flexibility index (Phi) is 6.33. The number of hydrogen-bond acceptors (Lipinski definition) is 6. The number of hydrogen-bond donors (Lipinski definition) is 0. The van der Waals surface area contributed by atoms with Crippen molar-refractivity contribution in [3.63, 3.8) is 0 Å². The lowest BCUT2D eigenvalue weighted by Gasteiger charge is -2.32. The van der Waals surface area contributed by atoms with E-state index in [9.17, 15) is 19.7 Å².